The number of rotatable bonds is 16. The van der Waals surface area contributed by atoms with E-state index >= 15 is 0 Å². The second kappa shape index (κ2) is 18.1. The minimum atomic E-state index is -4.73. The molecule has 0 unspecified atom stereocenters. The summed E-state index contributed by atoms with van der Waals surface area (Å²) in [7, 11) is -4.73. The maximum absolute atomic E-state index is 14.1. The van der Waals surface area contributed by atoms with Crippen molar-refractivity contribution in [1.29, 1.82) is 0 Å². The van der Waals surface area contributed by atoms with Gasteiger partial charge in [-0.2, -0.15) is 0 Å². The Balaban J connectivity index is 1.55. The Morgan fingerprint density at radius 3 is 2.15 bits per heavy atom. The van der Waals surface area contributed by atoms with Gasteiger partial charge in [-0.1, -0.05) is 86.6 Å². The van der Waals surface area contributed by atoms with E-state index in [1.807, 2.05) is 74.5 Å². The topological polar surface area (TPSA) is 154 Å². The predicted octanol–water partition coefficient (Wildman–Crippen LogP) is 3.54. The van der Waals surface area contributed by atoms with Crippen LogP contribution in [0.1, 0.15) is 42.5 Å². The molecule has 4 rings (SSSR count). The number of hydrogen-bond acceptors (Lipinski definition) is 7. The van der Waals surface area contributed by atoms with Crippen molar-refractivity contribution in [3.05, 3.63) is 101 Å². The van der Waals surface area contributed by atoms with Gasteiger partial charge in [0.1, 0.15) is 12.6 Å². The zero-order valence-electron chi connectivity index (χ0n) is 27.5. The molecule has 12 heteroatoms. The van der Waals surface area contributed by atoms with Gasteiger partial charge in [-0.15, -0.1) is 0 Å². The molecular formula is C36H46N3O8P. The molecule has 0 radical (unpaired) electrons. The average Bonchev–Trinajstić information content (AvgIpc) is 3.07. The van der Waals surface area contributed by atoms with Crippen LogP contribution in [-0.2, 0) is 49.5 Å². The Kier molecular flexibility index (Phi) is 13.9. The van der Waals surface area contributed by atoms with Gasteiger partial charge < -0.3 is 29.9 Å². The smallest absolute Gasteiger partial charge is 0.408 e. The average molecular weight is 680 g/mol. The molecule has 1 fully saturated rings. The third-order valence-electron chi connectivity index (χ3n) is 8.23. The van der Waals surface area contributed by atoms with Crippen LogP contribution in [0.5, 0.6) is 0 Å². The highest BCUT2D eigenvalue weighted by Crippen LogP contribution is 2.36. The van der Waals surface area contributed by atoms with E-state index < -0.39 is 37.5 Å². The number of morpholine rings is 1. The van der Waals surface area contributed by atoms with Gasteiger partial charge in [-0.25, -0.2) is 4.79 Å². The zero-order valence-corrected chi connectivity index (χ0v) is 28.4. The van der Waals surface area contributed by atoms with E-state index in [2.05, 4.69) is 15.5 Å². The number of carbonyl (C=O) groups excluding carboxylic acids is 3. The highest BCUT2D eigenvalue weighted by atomic mass is 31.2. The van der Waals surface area contributed by atoms with Crippen molar-refractivity contribution < 1.29 is 38.2 Å². The summed E-state index contributed by atoms with van der Waals surface area (Å²) in [6.45, 7) is 7.25. The molecule has 4 N–H and O–H groups in total. The van der Waals surface area contributed by atoms with Gasteiger partial charge in [0.2, 0.25) is 5.91 Å². The standard InChI is InChI=1S/C36H46N3O8P/c1-26(2)22-32(38-36(42)47-25-28-12-7-4-8-13-28)35(41)37-31(23-27-10-5-3-6-11-27)33(40)24-30-29(14-9-15-34(30)48(43,44)45)16-17-39-18-20-46-21-19-39/h3-15,26,31-32H,16-25H2,1-2H3,(H,37,41)(H,38,42)(H2,43,44,45)/t31-,32-/m0/s1. The van der Waals surface area contributed by atoms with E-state index in [0.717, 1.165) is 24.2 Å². The van der Waals surface area contributed by atoms with Gasteiger partial charge in [0.15, 0.2) is 5.78 Å². The molecule has 1 saturated heterocycles. The number of Topliss-reactive ketones (excluding diaryl/α,β-unsaturated/α-hetero) is 1. The largest absolute Gasteiger partial charge is 0.445 e. The lowest BCUT2D eigenvalue weighted by Gasteiger charge is -2.27. The summed E-state index contributed by atoms with van der Waals surface area (Å²) in [6, 6.07) is 21.1. The fourth-order valence-corrected chi connectivity index (χ4v) is 6.57. The first-order chi connectivity index (χ1) is 23.0. The van der Waals surface area contributed by atoms with Crippen LogP contribution in [0.15, 0.2) is 78.9 Å². The Hall–Kier alpha value is -3.86. The van der Waals surface area contributed by atoms with Crippen LogP contribution in [-0.4, -0.2) is 77.4 Å². The molecule has 0 saturated carbocycles. The zero-order chi connectivity index (χ0) is 34.5. The van der Waals surface area contributed by atoms with Crippen LogP contribution in [0.25, 0.3) is 0 Å². The molecule has 1 aliphatic rings. The number of amides is 2. The molecule has 11 nitrogen and oxygen atoms in total. The van der Waals surface area contributed by atoms with E-state index in [4.69, 9.17) is 9.47 Å². The number of hydrogen-bond donors (Lipinski definition) is 4. The van der Waals surface area contributed by atoms with Crippen molar-refractivity contribution >= 4 is 30.7 Å². The third kappa shape index (κ3) is 11.7. The Bertz CT molecular complexity index is 1540. The number of ketones is 1. The van der Waals surface area contributed by atoms with E-state index in [9.17, 15) is 28.7 Å². The van der Waals surface area contributed by atoms with Crippen molar-refractivity contribution in [1.82, 2.24) is 15.5 Å². The summed E-state index contributed by atoms with van der Waals surface area (Å²) in [4.78, 5) is 63.3. The molecule has 1 heterocycles. The maximum atomic E-state index is 14.1. The number of alkyl carbamates (subject to hydrolysis) is 1. The van der Waals surface area contributed by atoms with Crippen LogP contribution < -0.4 is 15.9 Å². The van der Waals surface area contributed by atoms with Gasteiger partial charge in [0.05, 0.1) is 24.6 Å². The molecule has 2 amide bonds. The maximum Gasteiger partial charge on any atom is 0.408 e. The van der Waals surface area contributed by atoms with Crippen LogP contribution in [0.2, 0.25) is 0 Å². The molecule has 0 bridgehead atoms. The molecule has 1 aliphatic heterocycles. The van der Waals surface area contributed by atoms with Crippen molar-refractivity contribution in [3.63, 3.8) is 0 Å². The fourth-order valence-electron chi connectivity index (χ4n) is 5.71. The van der Waals surface area contributed by atoms with Crippen LogP contribution >= 0.6 is 7.60 Å². The second-order valence-corrected chi connectivity index (χ2v) is 14.0. The molecule has 3 aromatic carbocycles. The lowest BCUT2D eigenvalue weighted by atomic mass is 9.93. The van der Waals surface area contributed by atoms with Crippen molar-refractivity contribution in [2.45, 2.75) is 58.2 Å². The first kappa shape index (κ1) is 37.0. The van der Waals surface area contributed by atoms with Gasteiger partial charge in [-0.05, 0) is 53.5 Å². The fraction of sp³-hybridized carbons (Fsp3) is 0.417. The summed E-state index contributed by atoms with van der Waals surface area (Å²) in [5.41, 5.74) is 2.53. The first-order valence-corrected chi connectivity index (χ1v) is 17.9. The lowest BCUT2D eigenvalue weighted by molar-refractivity contribution is -0.129. The number of benzene rings is 3. The summed E-state index contributed by atoms with van der Waals surface area (Å²) in [5, 5.41) is 5.32. The van der Waals surface area contributed by atoms with Crippen molar-refractivity contribution in [2.24, 2.45) is 5.92 Å². The first-order valence-electron chi connectivity index (χ1n) is 16.3. The van der Waals surface area contributed by atoms with Gasteiger partial charge in [0.25, 0.3) is 0 Å². The second-order valence-electron chi connectivity index (χ2n) is 12.4. The normalized spacial score (nSPS) is 15.0. The molecule has 48 heavy (non-hydrogen) atoms. The van der Waals surface area contributed by atoms with Gasteiger partial charge in [-0.3, -0.25) is 19.1 Å². The SMILES string of the molecule is CC(C)C[C@H](NC(=O)OCc1ccccc1)C(=O)N[C@@H](Cc1ccccc1)C(=O)Cc1c(CCN2CCOCC2)cccc1P(=O)(O)O. The molecule has 0 aromatic heterocycles. The monoisotopic (exact) mass is 679 g/mol. The van der Waals surface area contributed by atoms with Gasteiger partial charge >= 0.3 is 13.7 Å². The third-order valence-corrected chi connectivity index (χ3v) is 9.28. The lowest BCUT2D eigenvalue weighted by Crippen LogP contribution is -2.53. The molecule has 2 atom stereocenters. The minimum Gasteiger partial charge on any atom is -0.445 e. The number of nitrogens with zero attached hydrogens (tertiary/aromatic N) is 1. The summed E-state index contributed by atoms with van der Waals surface area (Å²) in [6.07, 6.45) is -0.118. The van der Waals surface area contributed by atoms with Gasteiger partial charge in [0, 0.05) is 26.1 Å². The summed E-state index contributed by atoms with van der Waals surface area (Å²) >= 11 is 0. The van der Waals surface area contributed by atoms with Crippen LogP contribution in [0, 0.1) is 5.92 Å². The molecule has 0 spiro atoms. The molecule has 0 aliphatic carbocycles. The minimum absolute atomic E-state index is 0.0302. The Labute approximate surface area is 282 Å². The number of nitrogens with one attached hydrogen (secondary N) is 2. The number of carbonyl (C=O) groups is 3. The van der Waals surface area contributed by atoms with E-state index in [-0.39, 0.29) is 36.2 Å². The van der Waals surface area contributed by atoms with Crippen LogP contribution in [0.3, 0.4) is 0 Å². The highest BCUT2D eigenvalue weighted by molar-refractivity contribution is 7.60. The number of ether oxygens (including phenoxy) is 2. The van der Waals surface area contributed by atoms with E-state index in [1.54, 1.807) is 12.1 Å². The Morgan fingerprint density at radius 2 is 1.52 bits per heavy atom. The van der Waals surface area contributed by atoms with E-state index in [1.165, 1.54) is 6.07 Å². The quantitative estimate of drug-likeness (QED) is 0.167. The molecule has 3 aromatic rings. The Morgan fingerprint density at radius 1 is 0.875 bits per heavy atom. The summed E-state index contributed by atoms with van der Waals surface area (Å²) in [5.74, 6) is -0.927. The highest BCUT2D eigenvalue weighted by Gasteiger charge is 2.31. The molecule has 258 valence electrons. The predicted molar refractivity (Wildman–Crippen MR) is 183 cm³/mol. The van der Waals surface area contributed by atoms with Crippen LogP contribution in [0.4, 0.5) is 4.79 Å². The molecular weight excluding hydrogens is 633 g/mol. The van der Waals surface area contributed by atoms with Crippen molar-refractivity contribution in [2.75, 3.05) is 32.8 Å². The van der Waals surface area contributed by atoms with Crippen molar-refractivity contribution in [3.8, 4) is 0 Å². The summed E-state index contributed by atoms with van der Waals surface area (Å²) < 4.78 is 23.4. The van der Waals surface area contributed by atoms with E-state index in [0.29, 0.717) is 38.2 Å².